The van der Waals surface area contributed by atoms with E-state index in [0.717, 1.165) is 0 Å². The first kappa shape index (κ1) is 10.5. The van der Waals surface area contributed by atoms with Gasteiger partial charge in [0.2, 0.25) is 0 Å². The number of carboxylic acid groups (broad SMARTS) is 1. The third kappa shape index (κ3) is 4.06. The number of aliphatic carboxylic acids is 1. The van der Waals surface area contributed by atoms with Gasteiger partial charge in [-0.2, -0.15) is 0 Å². The molecule has 0 aromatic heterocycles. The fourth-order valence-electron chi connectivity index (χ4n) is 0.338. The lowest BCUT2D eigenvalue weighted by atomic mass is 10.3. The van der Waals surface area contributed by atoms with Crippen molar-refractivity contribution in [1.82, 2.24) is 5.32 Å². The molecule has 0 aliphatic carbocycles. The average Bonchev–Trinajstić information content (AvgIpc) is 1.87. The molecule has 0 spiro atoms. The fraction of sp³-hybridized carbons (Fsp3) is 0.600. The van der Waals surface area contributed by atoms with Crippen LogP contribution < -0.4 is 5.32 Å². The van der Waals surface area contributed by atoms with Crippen molar-refractivity contribution in [2.75, 3.05) is 0 Å². The van der Waals surface area contributed by atoms with Crippen molar-refractivity contribution < 1.29 is 14.7 Å². The smallest absolute Gasteiger partial charge is 0.325 e. The number of carboxylic acids is 1. The van der Waals surface area contributed by atoms with E-state index in [1.807, 2.05) is 0 Å². The van der Waals surface area contributed by atoms with Crippen LogP contribution >= 0.6 is 23.2 Å². The van der Waals surface area contributed by atoms with Crippen molar-refractivity contribution in [1.29, 1.82) is 0 Å². The Morgan fingerprint density at radius 2 is 1.91 bits per heavy atom. The van der Waals surface area contributed by atoms with Gasteiger partial charge in [-0.3, -0.25) is 9.59 Å². The van der Waals surface area contributed by atoms with E-state index >= 15 is 0 Å². The number of alkyl halides is 2. The maximum absolute atomic E-state index is 10.6. The second kappa shape index (κ2) is 4.41. The van der Waals surface area contributed by atoms with E-state index in [2.05, 4.69) is 5.32 Å². The molecular formula is C5H7Cl2NO3. The van der Waals surface area contributed by atoms with Gasteiger partial charge in [-0.25, -0.2) is 0 Å². The number of carbonyl (C=O) groups excluding carboxylic acids is 1. The third-order valence-corrected chi connectivity index (χ3v) is 1.32. The van der Waals surface area contributed by atoms with Crippen LogP contribution in [0.25, 0.3) is 0 Å². The Balaban J connectivity index is 3.85. The van der Waals surface area contributed by atoms with Crippen LogP contribution in [0.15, 0.2) is 0 Å². The van der Waals surface area contributed by atoms with Gasteiger partial charge in [-0.1, -0.05) is 23.2 Å². The van der Waals surface area contributed by atoms with Gasteiger partial charge in [-0.15, -0.1) is 0 Å². The van der Waals surface area contributed by atoms with Crippen molar-refractivity contribution in [3.63, 3.8) is 0 Å². The summed E-state index contributed by atoms with van der Waals surface area (Å²) in [7, 11) is 0. The molecule has 0 unspecified atom stereocenters. The summed E-state index contributed by atoms with van der Waals surface area (Å²) in [6, 6.07) is -0.970. The number of carbonyl (C=O) groups is 2. The molecule has 0 heterocycles. The Labute approximate surface area is 73.5 Å². The minimum absolute atomic E-state index is 0.705. The zero-order chi connectivity index (χ0) is 9.02. The van der Waals surface area contributed by atoms with Gasteiger partial charge >= 0.3 is 5.97 Å². The third-order valence-electron chi connectivity index (χ3n) is 0.927. The van der Waals surface area contributed by atoms with Crippen LogP contribution in [0.5, 0.6) is 0 Å². The number of nitrogens with one attached hydrogen (secondary N) is 1. The Morgan fingerprint density at radius 1 is 1.45 bits per heavy atom. The minimum Gasteiger partial charge on any atom is -0.480 e. The molecule has 6 heteroatoms. The summed E-state index contributed by atoms with van der Waals surface area (Å²) >= 11 is 10.3. The lowest BCUT2D eigenvalue weighted by Crippen LogP contribution is -2.40. The summed E-state index contributed by atoms with van der Waals surface area (Å²) in [5, 5.41) is 10.4. The summed E-state index contributed by atoms with van der Waals surface area (Å²) in [4.78, 5) is 19.6. The van der Waals surface area contributed by atoms with Crippen molar-refractivity contribution in [2.24, 2.45) is 0 Å². The van der Waals surface area contributed by atoms with Gasteiger partial charge in [0.1, 0.15) is 6.04 Å². The molecule has 0 aromatic carbocycles. The highest BCUT2D eigenvalue weighted by atomic mass is 35.5. The van der Waals surface area contributed by atoms with E-state index in [1.165, 1.54) is 6.92 Å². The van der Waals surface area contributed by atoms with Crippen LogP contribution in [-0.4, -0.2) is 27.9 Å². The predicted molar refractivity (Wildman–Crippen MR) is 40.7 cm³/mol. The number of halogens is 2. The highest BCUT2D eigenvalue weighted by Crippen LogP contribution is 2.00. The lowest BCUT2D eigenvalue weighted by molar-refractivity contribution is -0.141. The first-order valence-electron chi connectivity index (χ1n) is 2.76. The molecule has 1 atom stereocenters. The van der Waals surface area contributed by atoms with Gasteiger partial charge in [0.05, 0.1) is 0 Å². The molecule has 0 saturated carbocycles. The molecule has 0 bridgehead atoms. The Morgan fingerprint density at radius 3 is 2.18 bits per heavy atom. The van der Waals surface area contributed by atoms with E-state index in [-0.39, 0.29) is 0 Å². The van der Waals surface area contributed by atoms with Crippen molar-refractivity contribution >= 4 is 35.1 Å². The fourth-order valence-corrected chi connectivity index (χ4v) is 0.464. The number of rotatable bonds is 3. The summed E-state index contributed by atoms with van der Waals surface area (Å²) < 4.78 is 0. The van der Waals surface area contributed by atoms with E-state index in [9.17, 15) is 9.59 Å². The maximum Gasteiger partial charge on any atom is 0.325 e. The molecule has 0 rings (SSSR count). The molecule has 0 fully saturated rings. The van der Waals surface area contributed by atoms with Crippen LogP contribution in [0.1, 0.15) is 6.92 Å². The number of hydrogen-bond acceptors (Lipinski definition) is 2. The Kier molecular flexibility index (Phi) is 4.22. The number of amides is 1. The standard InChI is InChI=1S/C5H7Cl2NO3/c1-2(5(10)11)8-4(9)3(6)7/h2-3H,1H3,(H,8,9)(H,10,11)/t2-/m0/s1. The van der Waals surface area contributed by atoms with Crippen molar-refractivity contribution in [3.8, 4) is 0 Å². The van der Waals surface area contributed by atoms with Crippen LogP contribution in [0.2, 0.25) is 0 Å². The second-order valence-corrected chi connectivity index (χ2v) is 2.97. The molecule has 11 heavy (non-hydrogen) atoms. The molecule has 4 nitrogen and oxygen atoms in total. The monoisotopic (exact) mass is 199 g/mol. The van der Waals surface area contributed by atoms with Crippen LogP contribution in [-0.2, 0) is 9.59 Å². The molecule has 2 N–H and O–H groups in total. The van der Waals surface area contributed by atoms with Gasteiger partial charge in [0, 0.05) is 0 Å². The Bertz CT molecular complexity index is 171. The zero-order valence-corrected chi connectivity index (χ0v) is 7.19. The van der Waals surface area contributed by atoms with Gasteiger partial charge in [0.25, 0.3) is 5.91 Å². The number of hydrogen-bond donors (Lipinski definition) is 2. The average molecular weight is 200 g/mol. The molecular weight excluding hydrogens is 193 g/mol. The predicted octanol–water partition coefficient (Wildman–Crippen LogP) is 0.379. The quantitative estimate of drug-likeness (QED) is 0.647. The summed E-state index contributed by atoms with van der Waals surface area (Å²) in [5.74, 6) is -1.84. The summed E-state index contributed by atoms with van der Waals surface area (Å²) in [6.45, 7) is 1.32. The SMILES string of the molecule is C[C@H](NC(=O)C(Cl)Cl)C(=O)O. The Hall–Kier alpha value is -0.480. The van der Waals surface area contributed by atoms with Crippen molar-refractivity contribution in [3.05, 3.63) is 0 Å². The molecule has 0 aromatic rings. The van der Waals surface area contributed by atoms with Gasteiger partial charge < -0.3 is 10.4 Å². The van der Waals surface area contributed by atoms with Crippen LogP contribution in [0.4, 0.5) is 0 Å². The molecule has 0 aliphatic heterocycles. The summed E-state index contributed by atoms with van der Waals surface area (Å²) in [6.07, 6.45) is 0. The van der Waals surface area contributed by atoms with Crippen molar-refractivity contribution in [2.45, 2.75) is 17.8 Å². The topological polar surface area (TPSA) is 66.4 Å². The molecule has 0 radical (unpaired) electrons. The van der Waals surface area contributed by atoms with Gasteiger partial charge in [-0.05, 0) is 6.92 Å². The molecule has 0 saturated heterocycles. The zero-order valence-electron chi connectivity index (χ0n) is 5.67. The second-order valence-electron chi connectivity index (χ2n) is 1.87. The first-order valence-corrected chi connectivity index (χ1v) is 3.63. The van der Waals surface area contributed by atoms with Gasteiger partial charge in [0.15, 0.2) is 4.84 Å². The normalized spacial score (nSPS) is 12.7. The largest absolute Gasteiger partial charge is 0.480 e. The lowest BCUT2D eigenvalue weighted by Gasteiger charge is -2.08. The van der Waals surface area contributed by atoms with E-state index in [4.69, 9.17) is 28.3 Å². The summed E-state index contributed by atoms with van der Waals surface area (Å²) in [5.41, 5.74) is 0. The maximum atomic E-state index is 10.6. The van der Waals surface area contributed by atoms with E-state index in [0.29, 0.717) is 0 Å². The highest BCUT2D eigenvalue weighted by molar-refractivity contribution is 6.53. The molecule has 64 valence electrons. The molecule has 0 aliphatic rings. The van der Waals surface area contributed by atoms with Crippen LogP contribution in [0, 0.1) is 0 Å². The minimum atomic E-state index is -1.23. The van der Waals surface area contributed by atoms with Crippen LogP contribution in [0.3, 0.4) is 0 Å². The highest BCUT2D eigenvalue weighted by Gasteiger charge is 2.17. The van der Waals surface area contributed by atoms with E-state index < -0.39 is 22.8 Å². The first-order chi connectivity index (χ1) is 4.95. The molecule has 1 amide bonds. The van der Waals surface area contributed by atoms with E-state index in [1.54, 1.807) is 0 Å².